The lowest BCUT2D eigenvalue weighted by Gasteiger charge is -2.25. The molecule has 1 unspecified atom stereocenters. The number of nitrogens with one attached hydrogen (secondary N) is 1. The summed E-state index contributed by atoms with van der Waals surface area (Å²) in [6.07, 6.45) is 3.85. The lowest BCUT2D eigenvalue weighted by atomic mass is 9.94. The highest BCUT2D eigenvalue weighted by atomic mass is 79.9. The van der Waals surface area contributed by atoms with E-state index in [1.165, 1.54) is 30.4 Å². The van der Waals surface area contributed by atoms with Gasteiger partial charge in [0, 0.05) is 6.04 Å². The van der Waals surface area contributed by atoms with Crippen LogP contribution in [-0.4, -0.2) is 13.7 Å². The van der Waals surface area contributed by atoms with E-state index in [0.717, 1.165) is 16.8 Å². The fourth-order valence-electron chi connectivity index (χ4n) is 2.32. The topological polar surface area (TPSA) is 21.3 Å². The molecule has 1 heterocycles. The third kappa shape index (κ3) is 2.41. The van der Waals surface area contributed by atoms with E-state index in [0.29, 0.717) is 6.04 Å². The van der Waals surface area contributed by atoms with E-state index in [-0.39, 0.29) is 0 Å². The molecule has 0 aliphatic carbocycles. The normalized spacial score (nSPS) is 20.8. The molecule has 1 aliphatic rings. The minimum atomic E-state index is 0.510. The van der Waals surface area contributed by atoms with E-state index in [9.17, 15) is 0 Å². The standard InChI is InChI=1S/C13H18BrNO/c1-9-7-13(16-2)11(14)8-10(9)12-5-3-4-6-15-12/h7-8,12,15H,3-6H2,1-2H3. The van der Waals surface area contributed by atoms with Crippen molar-refractivity contribution < 1.29 is 4.74 Å². The molecule has 0 radical (unpaired) electrons. The van der Waals surface area contributed by atoms with Crippen LogP contribution in [0.4, 0.5) is 0 Å². The van der Waals surface area contributed by atoms with Gasteiger partial charge in [-0.25, -0.2) is 0 Å². The van der Waals surface area contributed by atoms with Crippen LogP contribution in [0.3, 0.4) is 0 Å². The van der Waals surface area contributed by atoms with Crippen molar-refractivity contribution in [1.82, 2.24) is 5.32 Å². The molecule has 2 nitrogen and oxygen atoms in total. The number of aryl methyl sites for hydroxylation is 1. The molecule has 1 aromatic carbocycles. The Morgan fingerprint density at radius 1 is 1.38 bits per heavy atom. The average molecular weight is 284 g/mol. The predicted octanol–water partition coefficient (Wildman–Crippen LogP) is 3.58. The molecule has 1 fully saturated rings. The molecule has 1 aliphatic heterocycles. The van der Waals surface area contributed by atoms with Crippen molar-refractivity contribution in [2.75, 3.05) is 13.7 Å². The number of hydrogen-bond donors (Lipinski definition) is 1. The molecular formula is C13H18BrNO. The summed E-state index contributed by atoms with van der Waals surface area (Å²) in [5, 5.41) is 3.58. The number of benzene rings is 1. The molecule has 88 valence electrons. The average Bonchev–Trinajstić information content (AvgIpc) is 2.32. The van der Waals surface area contributed by atoms with E-state index in [2.05, 4.69) is 40.3 Å². The number of halogens is 1. The van der Waals surface area contributed by atoms with Gasteiger partial charge in [-0.15, -0.1) is 0 Å². The highest BCUT2D eigenvalue weighted by Gasteiger charge is 2.18. The van der Waals surface area contributed by atoms with Crippen molar-refractivity contribution in [1.29, 1.82) is 0 Å². The van der Waals surface area contributed by atoms with Gasteiger partial charge in [0.15, 0.2) is 0 Å². The number of methoxy groups -OCH3 is 1. The summed E-state index contributed by atoms with van der Waals surface area (Å²) in [5.74, 6) is 0.914. The Morgan fingerprint density at radius 3 is 2.81 bits per heavy atom. The van der Waals surface area contributed by atoms with Crippen molar-refractivity contribution in [3.63, 3.8) is 0 Å². The van der Waals surface area contributed by atoms with Crippen LogP contribution in [0.2, 0.25) is 0 Å². The van der Waals surface area contributed by atoms with Gasteiger partial charge in [-0.05, 0) is 65.5 Å². The summed E-state index contributed by atoms with van der Waals surface area (Å²) in [5.41, 5.74) is 2.70. The monoisotopic (exact) mass is 283 g/mol. The highest BCUT2D eigenvalue weighted by Crippen LogP contribution is 2.33. The van der Waals surface area contributed by atoms with Gasteiger partial charge >= 0.3 is 0 Å². The Labute approximate surface area is 106 Å². The van der Waals surface area contributed by atoms with Gasteiger partial charge in [-0.2, -0.15) is 0 Å². The van der Waals surface area contributed by atoms with Crippen molar-refractivity contribution in [3.8, 4) is 5.75 Å². The van der Waals surface area contributed by atoms with Crippen molar-refractivity contribution in [2.45, 2.75) is 32.2 Å². The van der Waals surface area contributed by atoms with Crippen LogP contribution < -0.4 is 10.1 Å². The first kappa shape index (κ1) is 11.9. The maximum Gasteiger partial charge on any atom is 0.133 e. The van der Waals surface area contributed by atoms with Crippen LogP contribution >= 0.6 is 15.9 Å². The van der Waals surface area contributed by atoms with Gasteiger partial charge in [0.25, 0.3) is 0 Å². The summed E-state index contributed by atoms with van der Waals surface area (Å²) in [7, 11) is 1.71. The summed E-state index contributed by atoms with van der Waals surface area (Å²) >= 11 is 3.56. The fraction of sp³-hybridized carbons (Fsp3) is 0.538. The molecule has 0 bridgehead atoms. The minimum Gasteiger partial charge on any atom is -0.496 e. The Balaban J connectivity index is 2.29. The van der Waals surface area contributed by atoms with Crippen LogP contribution in [0.25, 0.3) is 0 Å². The molecule has 0 saturated carbocycles. The van der Waals surface area contributed by atoms with E-state index in [1.807, 2.05) is 0 Å². The van der Waals surface area contributed by atoms with Crippen LogP contribution in [-0.2, 0) is 0 Å². The lowest BCUT2D eigenvalue weighted by Crippen LogP contribution is -2.27. The highest BCUT2D eigenvalue weighted by molar-refractivity contribution is 9.10. The largest absolute Gasteiger partial charge is 0.496 e. The van der Waals surface area contributed by atoms with E-state index in [4.69, 9.17) is 4.74 Å². The van der Waals surface area contributed by atoms with E-state index < -0.39 is 0 Å². The zero-order chi connectivity index (χ0) is 11.5. The number of hydrogen-bond acceptors (Lipinski definition) is 2. The van der Waals surface area contributed by atoms with Gasteiger partial charge in [0.1, 0.15) is 5.75 Å². The number of rotatable bonds is 2. The first-order valence-corrected chi connectivity index (χ1v) is 6.59. The second kappa shape index (κ2) is 5.19. The summed E-state index contributed by atoms with van der Waals surface area (Å²) in [4.78, 5) is 0. The Hall–Kier alpha value is -0.540. The fourth-order valence-corrected chi connectivity index (χ4v) is 2.84. The minimum absolute atomic E-state index is 0.510. The summed E-state index contributed by atoms with van der Waals surface area (Å²) in [6, 6.07) is 4.81. The smallest absolute Gasteiger partial charge is 0.133 e. The Kier molecular flexibility index (Phi) is 3.87. The molecule has 0 aromatic heterocycles. The second-order valence-electron chi connectivity index (χ2n) is 4.35. The zero-order valence-electron chi connectivity index (χ0n) is 9.85. The molecule has 1 atom stereocenters. The molecule has 0 amide bonds. The Bertz CT molecular complexity index is 372. The predicted molar refractivity (Wildman–Crippen MR) is 70.0 cm³/mol. The van der Waals surface area contributed by atoms with Crippen LogP contribution in [0, 0.1) is 6.92 Å². The molecular weight excluding hydrogens is 266 g/mol. The molecule has 1 N–H and O–H groups in total. The molecule has 2 rings (SSSR count). The first-order valence-electron chi connectivity index (χ1n) is 5.80. The Morgan fingerprint density at radius 2 is 2.19 bits per heavy atom. The molecule has 1 aromatic rings. The van der Waals surface area contributed by atoms with Gasteiger partial charge < -0.3 is 10.1 Å². The van der Waals surface area contributed by atoms with Crippen LogP contribution in [0.1, 0.15) is 36.4 Å². The quantitative estimate of drug-likeness (QED) is 0.896. The van der Waals surface area contributed by atoms with Gasteiger partial charge in [-0.3, -0.25) is 0 Å². The molecule has 0 spiro atoms. The maximum absolute atomic E-state index is 5.30. The van der Waals surface area contributed by atoms with Gasteiger partial charge in [0.2, 0.25) is 0 Å². The van der Waals surface area contributed by atoms with Gasteiger partial charge in [-0.1, -0.05) is 6.42 Å². The summed E-state index contributed by atoms with van der Waals surface area (Å²) < 4.78 is 6.35. The van der Waals surface area contributed by atoms with Crippen molar-refractivity contribution in [3.05, 3.63) is 27.7 Å². The SMILES string of the molecule is COc1cc(C)c(C2CCCCN2)cc1Br. The van der Waals surface area contributed by atoms with Gasteiger partial charge in [0.05, 0.1) is 11.6 Å². The second-order valence-corrected chi connectivity index (χ2v) is 5.20. The van der Waals surface area contributed by atoms with Crippen LogP contribution in [0.5, 0.6) is 5.75 Å². The third-order valence-electron chi connectivity index (χ3n) is 3.23. The number of ether oxygens (including phenoxy) is 1. The van der Waals surface area contributed by atoms with E-state index >= 15 is 0 Å². The zero-order valence-corrected chi connectivity index (χ0v) is 11.4. The first-order chi connectivity index (χ1) is 7.72. The van der Waals surface area contributed by atoms with Crippen molar-refractivity contribution in [2.24, 2.45) is 0 Å². The third-order valence-corrected chi connectivity index (χ3v) is 3.85. The van der Waals surface area contributed by atoms with E-state index in [1.54, 1.807) is 7.11 Å². The maximum atomic E-state index is 5.30. The lowest BCUT2D eigenvalue weighted by molar-refractivity contribution is 0.403. The summed E-state index contributed by atoms with van der Waals surface area (Å²) in [6.45, 7) is 3.29. The van der Waals surface area contributed by atoms with Crippen LogP contribution in [0.15, 0.2) is 16.6 Å². The van der Waals surface area contributed by atoms with Crippen molar-refractivity contribution >= 4 is 15.9 Å². The molecule has 1 saturated heterocycles. The molecule has 3 heteroatoms. The number of piperidine rings is 1. The molecule has 16 heavy (non-hydrogen) atoms.